The van der Waals surface area contributed by atoms with Crippen LogP contribution in [-0.2, 0) is 9.47 Å². The van der Waals surface area contributed by atoms with Crippen molar-refractivity contribution in [2.24, 2.45) is 11.8 Å². The summed E-state index contributed by atoms with van der Waals surface area (Å²) in [6, 6.07) is 0. The smallest absolute Gasteiger partial charge is 0.165 e. The van der Waals surface area contributed by atoms with Crippen LogP contribution in [0.5, 0.6) is 0 Å². The van der Waals surface area contributed by atoms with Gasteiger partial charge >= 0.3 is 0 Å². The van der Waals surface area contributed by atoms with E-state index in [4.69, 9.17) is 14.6 Å². The minimum absolute atomic E-state index is 0.0399. The molecule has 1 aliphatic heterocycles. The van der Waals surface area contributed by atoms with Gasteiger partial charge in [-0.25, -0.2) is 0 Å². The van der Waals surface area contributed by atoms with E-state index in [1.807, 2.05) is 26.8 Å². The van der Waals surface area contributed by atoms with Crippen LogP contribution in [0.2, 0.25) is 0 Å². The highest BCUT2D eigenvalue weighted by Gasteiger charge is 2.67. The van der Waals surface area contributed by atoms with Crippen molar-refractivity contribution in [3.63, 3.8) is 0 Å². The second-order valence-corrected chi connectivity index (χ2v) is 8.78. The standard InChI is InChI=1S/C24H30O5/c1-15-16(8-5-4-6-11-25)12-17(13-26)20-21-18(19(15)14-27)9-7-10-24(21)22(20)28-23(2,3)29-24/h4,6,12,18-19,22,25-27H,7,9-11,13-14H2,1-3H3/b6-4+,16-15-,17-12-/t18?,19-,22-,24-/m1/s1. The first-order valence-corrected chi connectivity index (χ1v) is 10.4. The number of rotatable bonds is 3. The molecule has 29 heavy (non-hydrogen) atoms. The number of ether oxygens (including phenoxy) is 2. The average Bonchev–Trinajstić information content (AvgIpc) is 2.88. The first-order valence-electron chi connectivity index (χ1n) is 10.4. The molecule has 3 aliphatic carbocycles. The predicted octanol–water partition coefficient (Wildman–Crippen LogP) is 2.40. The first kappa shape index (κ1) is 20.6. The quantitative estimate of drug-likeness (QED) is 0.637. The van der Waals surface area contributed by atoms with Crippen molar-refractivity contribution in [1.29, 1.82) is 0 Å². The van der Waals surface area contributed by atoms with E-state index >= 15 is 0 Å². The highest BCUT2D eigenvalue weighted by Crippen LogP contribution is 2.63. The largest absolute Gasteiger partial charge is 0.396 e. The molecule has 0 aromatic heterocycles. The Morgan fingerprint density at radius 2 is 2.07 bits per heavy atom. The zero-order valence-corrected chi connectivity index (χ0v) is 17.4. The zero-order chi connectivity index (χ0) is 20.8. The lowest BCUT2D eigenvalue weighted by atomic mass is 9.54. The van der Waals surface area contributed by atoms with Gasteiger partial charge in [-0.05, 0) is 74.8 Å². The molecule has 1 unspecified atom stereocenters. The van der Waals surface area contributed by atoms with Gasteiger partial charge in [0, 0.05) is 11.5 Å². The van der Waals surface area contributed by atoms with Gasteiger partial charge in [0.2, 0.25) is 0 Å². The lowest BCUT2D eigenvalue weighted by Crippen LogP contribution is -2.58. The SMILES string of the molecule is C/C1=C(C#C/C=C/CO)/C=C(/CO)C2=C3C(CCC[C@@]34OC(C)(C)O[C@H]24)[C@@H]1CO. The van der Waals surface area contributed by atoms with Crippen molar-refractivity contribution in [2.75, 3.05) is 19.8 Å². The molecule has 2 fully saturated rings. The fourth-order valence-electron chi connectivity index (χ4n) is 5.61. The van der Waals surface area contributed by atoms with Crippen LogP contribution in [0.15, 0.2) is 46.1 Å². The third-order valence-electron chi connectivity index (χ3n) is 6.71. The van der Waals surface area contributed by atoms with Crippen LogP contribution in [0, 0.1) is 23.7 Å². The maximum Gasteiger partial charge on any atom is 0.165 e. The summed E-state index contributed by atoms with van der Waals surface area (Å²) in [5, 5.41) is 29.4. The van der Waals surface area contributed by atoms with Crippen LogP contribution < -0.4 is 0 Å². The van der Waals surface area contributed by atoms with Gasteiger partial charge in [-0.2, -0.15) is 0 Å². The van der Waals surface area contributed by atoms with E-state index in [-0.39, 0.29) is 37.8 Å². The van der Waals surface area contributed by atoms with E-state index < -0.39 is 11.4 Å². The Labute approximate surface area is 172 Å². The summed E-state index contributed by atoms with van der Waals surface area (Å²) in [5.41, 5.74) is 4.47. The van der Waals surface area contributed by atoms with Gasteiger partial charge in [0.05, 0.1) is 19.8 Å². The molecule has 4 aliphatic rings. The lowest BCUT2D eigenvalue weighted by Gasteiger charge is -2.54. The highest BCUT2D eigenvalue weighted by atomic mass is 16.8. The van der Waals surface area contributed by atoms with E-state index in [0.717, 1.165) is 41.6 Å². The van der Waals surface area contributed by atoms with Gasteiger partial charge in [0.1, 0.15) is 11.7 Å². The van der Waals surface area contributed by atoms with Crippen LogP contribution in [0.3, 0.4) is 0 Å². The third-order valence-corrected chi connectivity index (χ3v) is 6.71. The van der Waals surface area contributed by atoms with Crippen molar-refractivity contribution in [1.82, 2.24) is 0 Å². The molecular weight excluding hydrogens is 368 g/mol. The van der Waals surface area contributed by atoms with Crippen LogP contribution in [0.1, 0.15) is 40.0 Å². The van der Waals surface area contributed by atoms with Gasteiger partial charge in [0.15, 0.2) is 5.79 Å². The Hall–Kier alpha value is -1.68. The van der Waals surface area contributed by atoms with E-state index in [2.05, 4.69) is 11.8 Å². The van der Waals surface area contributed by atoms with E-state index in [9.17, 15) is 10.2 Å². The normalized spacial score (nSPS) is 39.5. The molecule has 4 atom stereocenters. The molecule has 1 spiro atoms. The number of hydrogen-bond acceptors (Lipinski definition) is 5. The summed E-state index contributed by atoms with van der Waals surface area (Å²) in [5.74, 6) is 5.53. The Kier molecular flexibility index (Phi) is 5.35. The van der Waals surface area contributed by atoms with Gasteiger partial charge in [0.25, 0.3) is 0 Å². The zero-order valence-electron chi connectivity index (χ0n) is 17.4. The predicted molar refractivity (Wildman–Crippen MR) is 110 cm³/mol. The summed E-state index contributed by atoms with van der Waals surface area (Å²) in [4.78, 5) is 0. The molecular formula is C24H30O5. The number of aliphatic hydroxyl groups excluding tert-OH is 3. The maximum absolute atomic E-state index is 10.3. The van der Waals surface area contributed by atoms with Crippen molar-refractivity contribution in [3.8, 4) is 11.8 Å². The Balaban J connectivity index is 1.87. The number of hydrogen-bond donors (Lipinski definition) is 3. The second kappa shape index (κ2) is 7.54. The summed E-state index contributed by atoms with van der Waals surface area (Å²) in [7, 11) is 0. The first-order chi connectivity index (χ1) is 13.9. The highest BCUT2D eigenvalue weighted by molar-refractivity contribution is 5.62. The molecule has 5 nitrogen and oxygen atoms in total. The summed E-state index contributed by atoms with van der Waals surface area (Å²) >= 11 is 0. The third kappa shape index (κ3) is 3.15. The molecule has 0 bridgehead atoms. The van der Waals surface area contributed by atoms with Crippen LogP contribution in [-0.4, -0.2) is 52.6 Å². The molecule has 0 radical (unpaired) electrons. The second-order valence-electron chi connectivity index (χ2n) is 8.78. The molecule has 0 aromatic rings. The Morgan fingerprint density at radius 3 is 2.76 bits per heavy atom. The Bertz CT molecular complexity index is 879. The minimum atomic E-state index is -0.677. The molecule has 3 N–H and O–H groups in total. The topological polar surface area (TPSA) is 79.2 Å². The molecule has 0 amide bonds. The molecule has 1 saturated heterocycles. The minimum Gasteiger partial charge on any atom is -0.396 e. The van der Waals surface area contributed by atoms with Crippen LogP contribution in [0.4, 0.5) is 0 Å². The van der Waals surface area contributed by atoms with Crippen LogP contribution in [0.25, 0.3) is 0 Å². The van der Waals surface area contributed by atoms with Crippen molar-refractivity contribution in [3.05, 3.63) is 46.1 Å². The van der Waals surface area contributed by atoms with Crippen molar-refractivity contribution in [2.45, 2.75) is 57.5 Å². The average molecular weight is 398 g/mol. The van der Waals surface area contributed by atoms with E-state index in [0.29, 0.717) is 0 Å². The summed E-state index contributed by atoms with van der Waals surface area (Å²) in [6.07, 6.45) is 7.85. The maximum atomic E-state index is 10.3. The fourth-order valence-corrected chi connectivity index (χ4v) is 5.61. The fraction of sp³-hybridized carbons (Fsp3) is 0.583. The van der Waals surface area contributed by atoms with Gasteiger partial charge in [-0.3, -0.25) is 0 Å². The van der Waals surface area contributed by atoms with Gasteiger partial charge in [-0.15, -0.1) is 0 Å². The number of allylic oxidation sites excluding steroid dienone is 3. The summed E-state index contributed by atoms with van der Waals surface area (Å²) < 4.78 is 12.7. The van der Waals surface area contributed by atoms with Crippen molar-refractivity contribution < 1.29 is 24.8 Å². The number of aliphatic hydroxyl groups is 3. The molecule has 1 saturated carbocycles. The monoisotopic (exact) mass is 398 g/mol. The Morgan fingerprint density at radius 1 is 1.28 bits per heavy atom. The van der Waals surface area contributed by atoms with E-state index in [1.54, 1.807) is 12.2 Å². The molecule has 0 aromatic carbocycles. The molecule has 1 heterocycles. The van der Waals surface area contributed by atoms with Gasteiger partial charge in [-0.1, -0.05) is 23.5 Å². The lowest BCUT2D eigenvalue weighted by molar-refractivity contribution is -0.157. The van der Waals surface area contributed by atoms with Crippen molar-refractivity contribution >= 4 is 0 Å². The molecule has 4 rings (SSSR count). The molecule has 5 heteroatoms. The van der Waals surface area contributed by atoms with E-state index in [1.165, 1.54) is 5.57 Å². The van der Waals surface area contributed by atoms with Crippen LogP contribution >= 0.6 is 0 Å². The van der Waals surface area contributed by atoms with Gasteiger partial charge < -0.3 is 24.8 Å². The molecule has 156 valence electrons. The number of fused-ring (bicyclic) bond motifs is 1. The summed E-state index contributed by atoms with van der Waals surface area (Å²) in [6.45, 7) is 5.79.